The average molecular weight is 393 g/mol. The SMILES string of the molecule is O=C(NCCCc1ccccc1)C1(C(=O)N2CCN(c3ncccn3)CC2)CC1. The van der Waals surface area contributed by atoms with Crippen LogP contribution in [0.4, 0.5) is 5.95 Å². The van der Waals surface area contributed by atoms with Crippen LogP contribution in [0.25, 0.3) is 0 Å². The highest BCUT2D eigenvalue weighted by Crippen LogP contribution is 2.47. The highest BCUT2D eigenvalue weighted by atomic mass is 16.2. The Labute approximate surface area is 171 Å². The van der Waals surface area contributed by atoms with Gasteiger partial charge in [-0.15, -0.1) is 0 Å². The van der Waals surface area contributed by atoms with Gasteiger partial charge in [-0.2, -0.15) is 0 Å². The van der Waals surface area contributed by atoms with Crippen LogP contribution in [0.2, 0.25) is 0 Å². The minimum absolute atomic E-state index is 0.0216. The van der Waals surface area contributed by atoms with Crippen LogP contribution in [0.15, 0.2) is 48.8 Å². The van der Waals surface area contributed by atoms with Gasteiger partial charge in [0.25, 0.3) is 0 Å². The lowest BCUT2D eigenvalue weighted by Gasteiger charge is -2.36. The van der Waals surface area contributed by atoms with Crippen LogP contribution < -0.4 is 10.2 Å². The molecule has 0 spiro atoms. The molecular formula is C22H27N5O2. The number of aryl methyl sites for hydroxylation is 1. The van der Waals surface area contributed by atoms with E-state index in [0.717, 1.165) is 12.8 Å². The number of benzene rings is 1. The van der Waals surface area contributed by atoms with Crippen molar-refractivity contribution in [3.05, 3.63) is 54.4 Å². The molecule has 152 valence electrons. The van der Waals surface area contributed by atoms with Gasteiger partial charge in [0.1, 0.15) is 5.41 Å². The van der Waals surface area contributed by atoms with Crippen molar-refractivity contribution in [1.82, 2.24) is 20.2 Å². The standard InChI is InChI=1S/C22H27N5O2/c28-19(23-11-4-8-18-6-2-1-3-7-18)22(9-10-22)20(29)26-14-16-27(17-15-26)21-24-12-5-13-25-21/h1-3,5-7,12-13H,4,8-11,14-17H2,(H,23,28). The van der Waals surface area contributed by atoms with Crippen molar-refractivity contribution in [3.8, 4) is 0 Å². The zero-order valence-electron chi connectivity index (χ0n) is 16.6. The molecule has 1 aliphatic heterocycles. The lowest BCUT2D eigenvalue weighted by atomic mass is 10.0. The van der Waals surface area contributed by atoms with Gasteiger partial charge in [0.05, 0.1) is 0 Å². The molecule has 1 aliphatic carbocycles. The minimum atomic E-state index is -0.835. The Bertz CT molecular complexity index is 831. The van der Waals surface area contributed by atoms with E-state index < -0.39 is 5.41 Å². The summed E-state index contributed by atoms with van der Waals surface area (Å²) < 4.78 is 0. The molecular weight excluding hydrogens is 366 g/mol. The minimum Gasteiger partial charge on any atom is -0.355 e. The number of carbonyl (C=O) groups is 2. The van der Waals surface area contributed by atoms with Crippen LogP contribution in [0.1, 0.15) is 24.8 Å². The Hall–Kier alpha value is -2.96. The average Bonchev–Trinajstić information content (AvgIpc) is 3.60. The quantitative estimate of drug-likeness (QED) is 0.572. The molecule has 1 aromatic heterocycles. The third-order valence-electron chi connectivity index (χ3n) is 5.77. The Morgan fingerprint density at radius 2 is 1.66 bits per heavy atom. The summed E-state index contributed by atoms with van der Waals surface area (Å²) in [6.07, 6.45) is 6.54. The maximum atomic E-state index is 13.0. The predicted octanol–water partition coefficient (Wildman–Crippen LogP) is 1.65. The van der Waals surface area contributed by atoms with Gasteiger partial charge in [-0.25, -0.2) is 9.97 Å². The van der Waals surface area contributed by atoms with E-state index in [4.69, 9.17) is 0 Å². The van der Waals surface area contributed by atoms with Crippen LogP contribution in [0, 0.1) is 5.41 Å². The molecule has 2 aromatic rings. The number of rotatable bonds is 7. The molecule has 0 radical (unpaired) electrons. The number of nitrogens with zero attached hydrogens (tertiary/aromatic N) is 4. The Morgan fingerprint density at radius 3 is 2.31 bits per heavy atom. The van der Waals surface area contributed by atoms with Crippen molar-refractivity contribution >= 4 is 17.8 Å². The Balaban J connectivity index is 1.24. The molecule has 1 saturated carbocycles. The Kier molecular flexibility index (Phi) is 5.74. The number of aromatic nitrogens is 2. The second kappa shape index (κ2) is 8.59. The molecule has 1 aromatic carbocycles. The van der Waals surface area contributed by atoms with Gasteiger partial charge in [-0.05, 0) is 37.3 Å². The molecule has 0 bridgehead atoms. The Morgan fingerprint density at radius 1 is 0.966 bits per heavy atom. The summed E-state index contributed by atoms with van der Waals surface area (Å²) in [5, 5.41) is 2.99. The van der Waals surface area contributed by atoms with Gasteiger partial charge in [-0.3, -0.25) is 9.59 Å². The summed E-state index contributed by atoms with van der Waals surface area (Å²) >= 11 is 0. The molecule has 7 heteroatoms. The summed E-state index contributed by atoms with van der Waals surface area (Å²) in [5.41, 5.74) is 0.428. The maximum Gasteiger partial charge on any atom is 0.238 e. The summed E-state index contributed by atoms with van der Waals surface area (Å²) in [7, 11) is 0. The molecule has 2 heterocycles. The maximum absolute atomic E-state index is 13.0. The van der Waals surface area contributed by atoms with Gasteiger partial charge >= 0.3 is 0 Å². The number of piperazine rings is 1. The second-order valence-electron chi connectivity index (χ2n) is 7.76. The summed E-state index contributed by atoms with van der Waals surface area (Å²) in [4.78, 5) is 38.2. The highest BCUT2D eigenvalue weighted by molar-refractivity contribution is 6.07. The molecule has 0 unspecified atom stereocenters. The van der Waals surface area contributed by atoms with Crippen molar-refractivity contribution in [2.45, 2.75) is 25.7 Å². The van der Waals surface area contributed by atoms with E-state index >= 15 is 0 Å². The molecule has 7 nitrogen and oxygen atoms in total. The van der Waals surface area contributed by atoms with Crippen LogP contribution in [-0.2, 0) is 16.0 Å². The van der Waals surface area contributed by atoms with Gasteiger partial charge in [0.15, 0.2) is 0 Å². The summed E-state index contributed by atoms with van der Waals surface area (Å²) in [6.45, 7) is 3.16. The van der Waals surface area contributed by atoms with Crippen LogP contribution in [-0.4, -0.2) is 59.4 Å². The van der Waals surface area contributed by atoms with Crippen LogP contribution >= 0.6 is 0 Å². The van der Waals surface area contributed by atoms with E-state index in [1.165, 1.54) is 5.56 Å². The number of anilines is 1. The first kappa shape index (κ1) is 19.4. The largest absolute Gasteiger partial charge is 0.355 e. The predicted molar refractivity (Wildman–Crippen MR) is 110 cm³/mol. The molecule has 0 atom stereocenters. The molecule has 1 saturated heterocycles. The molecule has 4 rings (SSSR count). The first-order valence-corrected chi connectivity index (χ1v) is 10.3. The fourth-order valence-electron chi connectivity index (χ4n) is 3.84. The number of amides is 2. The number of hydrogen-bond donors (Lipinski definition) is 1. The second-order valence-corrected chi connectivity index (χ2v) is 7.76. The van der Waals surface area contributed by atoms with Crippen molar-refractivity contribution in [1.29, 1.82) is 0 Å². The zero-order valence-corrected chi connectivity index (χ0v) is 16.6. The number of hydrogen-bond acceptors (Lipinski definition) is 5. The van der Waals surface area contributed by atoms with Crippen molar-refractivity contribution in [2.75, 3.05) is 37.6 Å². The van der Waals surface area contributed by atoms with E-state index in [2.05, 4.69) is 32.3 Å². The van der Waals surface area contributed by atoms with E-state index in [9.17, 15) is 9.59 Å². The van der Waals surface area contributed by atoms with Gasteiger partial charge in [0, 0.05) is 45.1 Å². The van der Waals surface area contributed by atoms with Gasteiger partial charge in [-0.1, -0.05) is 30.3 Å². The van der Waals surface area contributed by atoms with Crippen molar-refractivity contribution in [2.24, 2.45) is 5.41 Å². The molecule has 2 fully saturated rings. The van der Waals surface area contributed by atoms with E-state index in [1.807, 2.05) is 23.1 Å². The first-order valence-electron chi connectivity index (χ1n) is 10.3. The van der Waals surface area contributed by atoms with Gasteiger partial charge in [0.2, 0.25) is 17.8 Å². The number of nitrogens with one attached hydrogen (secondary N) is 1. The molecule has 2 aliphatic rings. The molecule has 2 amide bonds. The number of carbonyl (C=O) groups excluding carboxylic acids is 2. The van der Waals surface area contributed by atoms with E-state index in [1.54, 1.807) is 18.5 Å². The topological polar surface area (TPSA) is 78.4 Å². The van der Waals surface area contributed by atoms with Crippen LogP contribution in [0.5, 0.6) is 0 Å². The monoisotopic (exact) mass is 393 g/mol. The smallest absolute Gasteiger partial charge is 0.238 e. The molecule has 1 N–H and O–H groups in total. The van der Waals surface area contributed by atoms with Crippen molar-refractivity contribution < 1.29 is 9.59 Å². The van der Waals surface area contributed by atoms with Crippen molar-refractivity contribution in [3.63, 3.8) is 0 Å². The van der Waals surface area contributed by atoms with E-state index in [-0.39, 0.29) is 11.8 Å². The normalized spacial score (nSPS) is 17.7. The third kappa shape index (κ3) is 4.39. The lowest BCUT2D eigenvalue weighted by Crippen LogP contribution is -2.53. The third-order valence-corrected chi connectivity index (χ3v) is 5.77. The highest BCUT2D eigenvalue weighted by Gasteiger charge is 2.58. The van der Waals surface area contributed by atoms with E-state index in [0.29, 0.717) is 51.5 Å². The fraction of sp³-hybridized carbons (Fsp3) is 0.455. The van der Waals surface area contributed by atoms with Gasteiger partial charge < -0.3 is 15.1 Å². The fourth-order valence-corrected chi connectivity index (χ4v) is 3.84. The van der Waals surface area contributed by atoms with Crippen LogP contribution in [0.3, 0.4) is 0 Å². The summed E-state index contributed by atoms with van der Waals surface area (Å²) in [6, 6.07) is 12.0. The molecule has 29 heavy (non-hydrogen) atoms. The summed E-state index contributed by atoms with van der Waals surface area (Å²) in [5.74, 6) is 0.563. The first-order chi connectivity index (χ1) is 14.2. The zero-order chi connectivity index (χ0) is 20.1. The lowest BCUT2D eigenvalue weighted by molar-refractivity contribution is -0.144.